The van der Waals surface area contributed by atoms with Crippen LogP contribution in [0.5, 0.6) is 0 Å². The number of imidazole rings is 1. The number of carbonyl (C=O) groups is 1. The lowest BCUT2D eigenvalue weighted by Gasteiger charge is -2.35. The summed E-state index contributed by atoms with van der Waals surface area (Å²) in [7, 11) is 0. The maximum Gasteiger partial charge on any atom is 0.432 e. The van der Waals surface area contributed by atoms with Gasteiger partial charge in [0.2, 0.25) is 0 Å². The van der Waals surface area contributed by atoms with Gasteiger partial charge in [-0.3, -0.25) is 4.79 Å². The van der Waals surface area contributed by atoms with Crippen molar-refractivity contribution >= 4 is 5.91 Å². The first-order valence-corrected chi connectivity index (χ1v) is 6.73. The first kappa shape index (κ1) is 15.8. The fraction of sp³-hybridized carbons (Fsp3) is 0.692. The molecule has 0 aromatic carbocycles. The minimum absolute atomic E-state index is 0.232. The summed E-state index contributed by atoms with van der Waals surface area (Å²) < 4.78 is 37.7. The highest BCUT2D eigenvalue weighted by atomic mass is 19.4. The van der Waals surface area contributed by atoms with Crippen molar-refractivity contribution in [3.05, 3.63) is 17.7 Å². The van der Waals surface area contributed by atoms with E-state index in [4.69, 9.17) is 0 Å². The number of hydrogen-bond donors (Lipinski definition) is 2. The Morgan fingerprint density at radius 2 is 2.14 bits per heavy atom. The predicted molar refractivity (Wildman–Crippen MR) is 68.4 cm³/mol. The van der Waals surface area contributed by atoms with Gasteiger partial charge < -0.3 is 15.0 Å². The van der Waals surface area contributed by atoms with E-state index < -0.39 is 23.4 Å². The Bertz CT molecular complexity index is 519. The van der Waals surface area contributed by atoms with Crippen LogP contribution in [0.15, 0.2) is 6.20 Å². The smallest absolute Gasteiger partial charge is 0.381 e. The largest absolute Gasteiger partial charge is 0.432 e. The van der Waals surface area contributed by atoms with Crippen molar-refractivity contribution < 1.29 is 23.1 Å². The van der Waals surface area contributed by atoms with Gasteiger partial charge in [-0.2, -0.15) is 13.2 Å². The van der Waals surface area contributed by atoms with Crippen molar-refractivity contribution in [2.75, 3.05) is 13.1 Å². The maximum atomic E-state index is 12.6. The molecule has 21 heavy (non-hydrogen) atoms. The summed E-state index contributed by atoms with van der Waals surface area (Å²) in [6.45, 7) is 3.54. The number of piperidine rings is 1. The first-order chi connectivity index (χ1) is 9.59. The van der Waals surface area contributed by atoms with E-state index in [0.717, 1.165) is 6.20 Å². The van der Waals surface area contributed by atoms with Crippen LogP contribution < -0.4 is 0 Å². The minimum atomic E-state index is -4.46. The Morgan fingerprint density at radius 3 is 2.67 bits per heavy atom. The van der Waals surface area contributed by atoms with Crippen molar-refractivity contribution in [1.82, 2.24) is 14.9 Å². The normalized spacial score (nSPS) is 20.7. The Hall–Kier alpha value is -1.57. The van der Waals surface area contributed by atoms with Gasteiger partial charge in [-0.25, -0.2) is 4.98 Å². The molecular formula is C13H18F3N3O2. The first-order valence-electron chi connectivity index (χ1n) is 6.73. The summed E-state index contributed by atoms with van der Waals surface area (Å²) in [5.41, 5.74) is -2.37. The molecule has 1 aromatic heterocycles. The molecule has 1 fully saturated rings. The average molecular weight is 305 g/mol. The van der Waals surface area contributed by atoms with Crippen molar-refractivity contribution in [2.45, 2.75) is 44.4 Å². The number of halogens is 3. The van der Waals surface area contributed by atoms with Crippen LogP contribution in [-0.4, -0.2) is 44.6 Å². The molecule has 1 atom stereocenters. The molecule has 0 saturated carbocycles. The van der Waals surface area contributed by atoms with E-state index in [0.29, 0.717) is 19.4 Å². The zero-order chi connectivity index (χ0) is 15.8. The molecule has 8 heteroatoms. The van der Waals surface area contributed by atoms with Gasteiger partial charge in [0.25, 0.3) is 5.91 Å². The number of hydrogen-bond acceptors (Lipinski definition) is 3. The van der Waals surface area contributed by atoms with Gasteiger partial charge in [0.05, 0.1) is 6.20 Å². The fourth-order valence-corrected chi connectivity index (χ4v) is 2.46. The van der Waals surface area contributed by atoms with Crippen LogP contribution in [0.2, 0.25) is 0 Å². The van der Waals surface area contributed by atoms with Gasteiger partial charge in [0, 0.05) is 19.0 Å². The van der Waals surface area contributed by atoms with Crippen LogP contribution in [0.4, 0.5) is 13.2 Å². The average Bonchev–Trinajstić information content (AvgIpc) is 2.86. The Labute approximate surface area is 120 Å². The highest BCUT2D eigenvalue weighted by Gasteiger charge is 2.36. The van der Waals surface area contributed by atoms with Crippen molar-refractivity contribution in [2.24, 2.45) is 0 Å². The minimum Gasteiger partial charge on any atom is -0.381 e. The van der Waals surface area contributed by atoms with Crippen LogP contribution >= 0.6 is 0 Å². The SMILES string of the molecule is CC(C)(O)C(=O)N1CCC[C@@H](c2ncc(C(F)(F)F)[nH]2)C1. The number of likely N-dealkylation sites (tertiary alicyclic amines) is 1. The van der Waals surface area contributed by atoms with Crippen LogP contribution in [0, 0.1) is 0 Å². The summed E-state index contributed by atoms with van der Waals surface area (Å²) in [5, 5.41) is 9.74. The van der Waals surface area contributed by atoms with E-state index in [1.54, 1.807) is 0 Å². The van der Waals surface area contributed by atoms with Gasteiger partial charge in [-0.05, 0) is 26.7 Å². The van der Waals surface area contributed by atoms with Gasteiger partial charge in [-0.15, -0.1) is 0 Å². The molecule has 1 saturated heterocycles. The highest BCUT2D eigenvalue weighted by Crippen LogP contribution is 2.31. The van der Waals surface area contributed by atoms with Crippen LogP contribution in [0.3, 0.4) is 0 Å². The molecule has 1 aliphatic rings. The number of aromatic amines is 1. The lowest BCUT2D eigenvalue weighted by Crippen LogP contribution is -2.48. The second-order valence-corrected chi connectivity index (χ2v) is 5.83. The van der Waals surface area contributed by atoms with Gasteiger partial charge >= 0.3 is 6.18 Å². The molecule has 0 bridgehead atoms. The molecule has 0 radical (unpaired) electrons. The zero-order valence-electron chi connectivity index (χ0n) is 11.9. The lowest BCUT2D eigenvalue weighted by atomic mass is 9.95. The molecule has 2 heterocycles. The number of rotatable bonds is 2. The lowest BCUT2D eigenvalue weighted by molar-refractivity contribution is -0.149. The second-order valence-electron chi connectivity index (χ2n) is 5.83. The third-order valence-corrected chi connectivity index (χ3v) is 3.52. The van der Waals surface area contributed by atoms with E-state index >= 15 is 0 Å². The predicted octanol–water partition coefficient (Wildman–Crippen LogP) is 1.91. The summed E-state index contributed by atoms with van der Waals surface area (Å²) in [5.74, 6) is -0.466. The van der Waals surface area contributed by atoms with Crippen LogP contribution in [0.1, 0.15) is 44.1 Å². The Balaban J connectivity index is 2.11. The Kier molecular flexibility index (Phi) is 4.01. The third kappa shape index (κ3) is 3.55. The number of nitrogens with one attached hydrogen (secondary N) is 1. The summed E-state index contributed by atoms with van der Waals surface area (Å²) in [4.78, 5) is 19.6. The van der Waals surface area contributed by atoms with Crippen molar-refractivity contribution in [3.8, 4) is 0 Å². The standard InChI is InChI=1S/C13H18F3N3O2/c1-12(2,21)11(20)19-5-3-4-8(7-19)10-17-6-9(18-10)13(14,15)16/h6,8,21H,3-5,7H2,1-2H3,(H,17,18)/t8-/m1/s1. The topological polar surface area (TPSA) is 69.2 Å². The summed E-state index contributed by atoms with van der Waals surface area (Å²) in [6, 6.07) is 0. The van der Waals surface area contributed by atoms with E-state index in [1.165, 1.54) is 18.7 Å². The highest BCUT2D eigenvalue weighted by molar-refractivity contribution is 5.84. The summed E-state index contributed by atoms with van der Waals surface area (Å²) in [6.07, 6.45) is -2.37. The molecule has 0 aliphatic carbocycles. The third-order valence-electron chi connectivity index (χ3n) is 3.52. The van der Waals surface area contributed by atoms with E-state index in [-0.39, 0.29) is 18.3 Å². The van der Waals surface area contributed by atoms with Crippen LogP contribution in [0.25, 0.3) is 0 Å². The molecule has 5 nitrogen and oxygen atoms in total. The molecule has 1 aromatic rings. The maximum absolute atomic E-state index is 12.6. The quantitative estimate of drug-likeness (QED) is 0.877. The molecule has 1 aliphatic heterocycles. The Morgan fingerprint density at radius 1 is 1.48 bits per heavy atom. The number of amides is 1. The molecule has 2 N–H and O–H groups in total. The molecule has 0 unspecified atom stereocenters. The monoisotopic (exact) mass is 305 g/mol. The number of aliphatic hydroxyl groups is 1. The molecule has 0 spiro atoms. The molecule has 1 amide bonds. The van der Waals surface area contributed by atoms with Gasteiger partial charge in [-0.1, -0.05) is 0 Å². The molecule has 118 valence electrons. The number of carbonyl (C=O) groups excluding carboxylic acids is 1. The van der Waals surface area contributed by atoms with Crippen LogP contribution in [-0.2, 0) is 11.0 Å². The second kappa shape index (κ2) is 5.32. The van der Waals surface area contributed by atoms with Crippen molar-refractivity contribution in [3.63, 3.8) is 0 Å². The van der Waals surface area contributed by atoms with Gasteiger partial charge in [0.1, 0.15) is 17.1 Å². The summed E-state index contributed by atoms with van der Waals surface area (Å²) >= 11 is 0. The molecule has 2 rings (SSSR count). The number of alkyl halides is 3. The zero-order valence-corrected chi connectivity index (χ0v) is 11.9. The van der Waals surface area contributed by atoms with Gasteiger partial charge in [0.15, 0.2) is 0 Å². The number of aromatic nitrogens is 2. The fourth-order valence-electron chi connectivity index (χ4n) is 2.46. The molecular weight excluding hydrogens is 287 g/mol. The van der Waals surface area contributed by atoms with E-state index in [9.17, 15) is 23.1 Å². The van der Waals surface area contributed by atoms with E-state index in [2.05, 4.69) is 9.97 Å². The number of nitrogens with zero attached hydrogens (tertiary/aromatic N) is 2. The van der Waals surface area contributed by atoms with Crippen molar-refractivity contribution in [1.29, 1.82) is 0 Å². The van der Waals surface area contributed by atoms with E-state index in [1.807, 2.05) is 0 Å². The number of H-pyrrole nitrogens is 1.